The van der Waals surface area contributed by atoms with Gasteiger partial charge in [0.1, 0.15) is 11.2 Å². The third kappa shape index (κ3) is 9.75. The normalized spacial score (nSPS) is 11.2. The zero-order chi connectivity index (χ0) is 53.9. The van der Waals surface area contributed by atoms with Crippen LogP contribution >= 0.6 is 0 Å². The standard InChI is InChI=1S/C78H54N2O/c1-6-18-55(19-7-1)59-34-43-67(44-35-59)79(68-45-36-60(37-46-68)56-20-8-2-9-21-56)75-53-73(64-26-14-5-15-27-64)74(65-32-30-63(31-33-65)66-42-51-72-71-28-16-17-29-77(71)81-78(72)52-66)54-76(75)80(69-47-38-61(39-48-69)57-22-10-3-11-23-57)70-49-40-62(41-50-70)58-24-12-4-13-25-58/h1-54H. The summed E-state index contributed by atoms with van der Waals surface area (Å²) >= 11 is 0. The van der Waals surface area contributed by atoms with Crippen LogP contribution in [0.2, 0.25) is 0 Å². The van der Waals surface area contributed by atoms with Gasteiger partial charge in [0.05, 0.1) is 11.4 Å². The van der Waals surface area contributed by atoms with E-state index in [4.69, 9.17) is 4.42 Å². The molecule has 14 rings (SSSR count). The smallest absolute Gasteiger partial charge is 0.136 e. The summed E-state index contributed by atoms with van der Waals surface area (Å²) in [7, 11) is 0. The molecule has 0 N–H and O–H groups in total. The van der Waals surface area contributed by atoms with Gasteiger partial charge in [0.25, 0.3) is 0 Å². The topological polar surface area (TPSA) is 19.6 Å². The third-order valence-corrected chi connectivity index (χ3v) is 15.5. The highest BCUT2D eigenvalue weighted by Crippen LogP contribution is 2.51. The molecule has 1 aromatic heterocycles. The van der Waals surface area contributed by atoms with Crippen LogP contribution in [-0.4, -0.2) is 0 Å². The van der Waals surface area contributed by atoms with Crippen LogP contribution < -0.4 is 9.80 Å². The summed E-state index contributed by atoms with van der Waals surface area (Å²) in [5.41, 5.74) is 23.8. The Morgan fingerprint density at radius 2 is 0.444 bits per heavy atom. The van der Waals surface area contributed by atoms with Crippen LogP contribution in [0.15, 0.2) is 332 Å². The molecular formula is C78H54N2O. The van der Waals surface area contributed by atoms with Gasteiger partial charge in [-0.2, -0.15) is 0 Å². The van der Waals surface area contributed by atoms with E-state index in [0.717, 1.165) is 112 Å². The van der Waals surface area contributed by atoms with Crippen LogP contribution in [-0.2, 0) is 0 Å². The lowest BCUT2D eigenvalue weighted by Gasteiger charge is -2.35. The van der Waals surface area contributed by atoms with E-state index < -0.39 is 0 Å². The molecule has 0 aliphatic carbocycles. The van der Waals surface area contributed by atoms with Gasteiger partial charge in [0.15, 0.2) is 0 Å². The molecule has 0 amide bonds. The third-order valence-electron chi connectivity index (χ3n) is 15.5. The number of hydrogen-bond donors (Lipinski definition) is 0. The molecule has 1 heterocycles. The minimum Gasteiger partial charge on any atom is -0.456 e. The maximum Gasteiger partial charge on any atom is 0.136 e. The van der Waals surface area contributed by atoms with Crippen LogP contribution in [0.3, 0.4) is 0 Å². The van der Waals surface area contributed by atoms with E-state index in [9.17, 15) is 0 Å². The van der Waals surface area contributed by atoms with Gasteiger partial charge in [-0.1, -0.05) is 249 Å². The van der Waals surface area contributed by atoms with Gasteiger partial charge in [-0.25, -0.2) is 0 Å². The maximum absolute atomic E-state index is 6.38. The highest BCUT2D eigenvalue weighted by molar-refractivity contribution is 6.06. The zero-order valence-electron chi connectivity index (χ0n) is 44.5. The van der Waals surface area contributed by atoms with E-state index in [2.05, 4.69) is 325 Å². The minimum atomic E-state index is 0.882. The van der Waals surface area contributed by atoms with E-state index >= 15 is 0 Å². The average Bonchev–Trinajstić information content (AvgIpc) is 4.09. The van der Waals surface area contributed by atoms with Crippen molar-refractivity contribution in [2.24, 2.45) is 0 Å². The molecule has 0 spiro atoms. The number of benzene rings is 13. The molecule has 14 aromatic rings. The summed E-state index contributed by atoms with van der Waals surface area (Å²) in [6.45, 7) is 0. The highest BCUT2D eigenvalue weighted by atomic mass is 16.3. The molecule has 81 heavy (non-hydrogen) atoms. The molecular weight excluding hydrogens is 981 g/mol. The Morgan fingerprint density at radius 3 is 0.827 bits per heavy atom. The lowest BCUT2D eigenvalue weighted by atomic mass is 9.91. The number of anilines is 6. The van der Waals surface area contributed by atoms with Crippen LogP contribution in [0.4, 0.5) is 34.1 Å². The van der Waals surface area contributed by atoms with Crippen LogP contribution in [0.5, 0.6) is 0 Å². The Kier molecular flexibility index (Phi) is 13.0. The van der Waals surface area contributed by atoms with Crippen molar-refractivity contribution in [1.29, 1.82) is 0 Å². The van der Waals surface area contributed by atoms with Crippen molar-refractivity contribution < 1.29 is 4.42 Å². The summed E-state index contributed by atoms with van der Waals surface area (Å²) < 4.78 is 6.38. The van der Waals surface area contributed by atoms with Gasteiger partial charge < -0.3 is 14.2 Å². The van der Waals surface area contributed by atoms with Gasteiger partial charge in [-0.05, 0) is 157 Å². The average molecular weight is 1040 g/mol. The first-order valence-electron chi connectivity index (χ1n) is 27.6. The summed E-state index contributed by atoms with van der Waals surface area (Å²) in [5, 5.41) is 2.25. The molecule has 0 unspecified atom stereocenters. The molecule has 0 aliphatic heterocycles. The van der Waals surface area contributed by atoms with Crippen molar-refractivity contribution in [2.75, 3.05) is 9.80 Å². The van der Waals surface area contributed by atoms with Crippen molar-refractivity contribution in [3.8, 4) is 77.9 Å². The Bertz CT molecular complexity index is 4260. The molecule has 0 saturated carbocycles. The molecule has 0 aliphatic rings. The number of hydrogen-bond acceptors (Lipinski definition) is 3. The van der Waals surface area contributed by atoms with Crippen molar-refractivity contribution in [2.45, 2.75) is 0 Å². The van der Waals surface area contributed by atoms with Crippen LogP contribution in [0, 0.1) is 0 Å². The fourth-order valence-electron chi connectivity index (χ4n) is 11.4. The monoisotopic (exact) mass is 1030 g/mol. The summed E-state index contributed by atoms with van der Waals surface area (Å²) in [5.74, 6) is 0. The first kappa shape index (κ1) is 48.6. The fraction of sp³-hybridized carbons (Fsp3) is 0. The Labute approximate surface area is 473 Å². The first-order valence-corrected chi connectivity index (χ1v) is 27.6. The van der Waals surface area contributed by atoms with Crippen molar-refractivity contribution in [1.82, 2.24) is 0 Å². The molecule has 13 aromatic carbocycles. The summed E-state index contributed by atoms with van der Waals surface area (Å²) in [4.78, 5) is 4.88. The maximum atomic E-state index is 6.38. The second-order valence-electron chi connectivity index (χ2n) is 20.5. The van der Waals surface area contributed by atoms with E-state index in [1.807, 2.05) is 12.1 Å². The SMILES string of the molecule is c1ccc(-c2ccc(N(c3ccc(-c4ccccc4)cc3)c3cc(-c4ccccc4)c(-c4ccc(-c5ccc6c(c5)oc5ccccc56)cc4)cc3N(c3ccc(-c4ccccc4)cc3)c3ccc(-c4ccccc4)cc3)cc2)cc1. The van der Waals surface area contributed by atoms with Crippen molar-refractivity contribution in [3.63, 3.8) is 0 Å². The number of nitrogens with zero attached hydrogens (tertiary/aromatic N) is 2. The molecule has 0 bridgehead atoms. The molecule has 0 fully saturated rings. The number of para-hydroxylation sites is 1. The molecule has 0 saturated heterocycles. The van der Waals surface area contributed by atoms with E-state index in [1.165, 1.54) is 22.3 Å². The summed E-state index contributed by atoms with van der Waals surface area (Å²) in [6.07, 6.45) is 0. The van der Waals surface area contributed by atoms with Gasteiger partial charge in [-0.15, -0.1) is 0 Å². The Hall–Kier alpha value is -10.7. The van der Waals surface area contributed by atoms with E-state index in [-0.39, 0.29) is 0 Å². The Morgan fingerprint density at radius 1 is 0.185 bits per heavy atom. The van der Waals surface area contributed by atoms with Gasteiger partial charge in [0.2, 0.25) is 0 Å². The minimum absolute atomic E-state index is 0.882. The van der Waals surface area contributed by atoms with Gasteiger partial charge in [-0.3, -0.25) is 0 Å². The number of rotatable bonds is 13. The quantitative estimate of drug-likeness (QED) is 0.115. The van der Waals surface area contributed by atoms with Crippen LogP contribution in [0.1, 0.15) is 0 Å². The highest BCUT2D eigenvalue weighted by Gasteiger charge is 2.26. The Balaban J connectivity index is 1.01. The molecule has 3 heteroatoms. The predicted octanol–water partition coefficient (Wildman–Crippen LogP) is 22.2. The molecule has 0 atom stereocenters. The lowest BCUT2D eigenvalue weighted by Crippen LogP contribution is -2.17. The molecule has 382 valence electrons. The van der Waals surface area contributed by atoms with Gasteiger partial charge >= 0.3 is 0 Å². The van der Waals surface area contributed by atoms with Gasteiger partial charge in [0, 0.05) is 33.5 Å². The van der Waals surface area contributed by atoms with E-state index in [0.29, 0.717) is 0 Å². The number of fused-ring (bicyclic) bond motifs is 3. The van der Waals surface area contributed by atoms with Crippen molar-refractivity contribution in [3.05, 3.63) is 328 Å². The fourth-order valence-corrected chi connectivity index (χ4v) is 11.4. The second-order valence-corrected chi connectivity index (χ2v) is 20.5. The molecule has 0 radical (unpaired) electrons. The molecule has 3 nitrogen and oxygen atoms in total. The van der Waals surface area contributed by atoms with E-state index in [1.54, 1.807) is 0 Å². The zero-order valence-corrected chi connectivity index (χ0v) is 44.5. The second kappa shape index (κ2) is 21.6. The summed E-state index contributed by atoms with van der Waals surface area (Å²) in [6, 6.07) is 118. The van der Waals surface area contributed by atoms with Crippen molar-refractivity contribution >= 4 is 56.1 Å². The largest absolute Gasteiger partial charge is 0.456 e. The first-order chi connectivity index (χ1) is 40.1. The lowest BCUT2D eigenvalue weighted by molar-refractivity contribution is 0.669. The predicted molar refractivity (Wildman–Crippen MR) is 341 cm³/mol. The van der Waals surface area contributed by atoms with Crippen LogP contribution in [0.25, 0.3) is 99.8 Å². The number of furan rings is 1.